The van der Waals surface area contributed by atoms with Gasteiger partial charge in [-0.2, -0.15) is 0 Å². The minimum Gasteiger partial charge on any atom is -0.326 e. The van der Waals surface area contributed by atoms with Gasteiger partial charge in [-0.25, -0.2) is 13.8 Å². The molecule has 2 aliphatic heterocycles. The summed E-state index contributed by atoms with van der Waals surface area (Å²) < 4.78 is 28.9. The molecule has 44 heavy (non-hydrogen) atoms. The van der Waals surface area contributed by atoms with Crippen LogP contribution in [0, 0.1) is 17.0 Å². The smallest absolute Gasteiger partial charge is 0.243 e. The van der Waals surface area contributed by atoms with Gasteiger partial charge in [0.15, 0.2) is 0 Å². The van der Waals surface area contributed by atoms with Gasteiger partial charge >= 0.3 is 0 Å². The maximum atomic E-state index is 14.4. The zero-order valence-electron chi connectivity index (χ0n) is 24.8. The third-order valence-corrected chi connectivity index (χ3v) is 10.1. The first-order chi connectivity index (χ1) is 21.1. The molecule has 0 bridgehead atoms. The van der Waals surface area contributed by atoms with E-state index in [9.17, 15) is 18.4 Å². The lowest BCUT2D eigenvalue weighted by Gasteiger charge is -2.54. The van der Waals surface area contributed by atoms with Gasteiger partial charge < -0.3 is 15.5 Å². The Morgan fingerprint density at radius 1 is 1.02 bits per heavy atom. The fraction of sp³-hybridized carbons (Fsp3) is 0.371. The van der Waals surface area contributed by atoms with E-state index in [1.807, 2.05) is 25.1 Å². The van der Waals surface area contributed by atoms with Crippen LogP contribution in [0.2, 0.25) is 0 Å². The van der Waals surface area contributed by atoms with Crippen molar-refractivity contribution in [3.8, 4) is 0 Å². The first kappa shape index (κ1) is 28.5. The highest BCUT2D eigenvalue weighted by molar-refractivity contribution is 5.92. The Labute approximate surface area is 255 Å². The molecule has 0 radical (unpaired) electrons. The molecule has 2 fully saturated rings. The van der Waals surface area contributed by atoms with E-state index in [1.165, 1.54) is 12.1 Å². The van der Waals surface area contributed by atoms with Gasteiger partial charge in [-0.3, -0.25) is 14.6 Å². The molecule has 226 valence electrons. The number of nitrogens with zero attached hydrogens (tertiary/aromatic N) is 3. The van der Waals surface area contributed by atoms with Crippen molar-refractivity contribution in [1.82, 2.24) is 20.5 Å². The van der Waals surface area contributed by atoms with Gasteiger partial charge in [-0.15, -0.1) is 0 Å². The number of hydrogen-bond donors (Lipinski definition) is 2. The first-order valence-electron chi connectivity index (χ1n) is 15.3. The summed E-state index contributed by atoms with van der Waals surface area (Å²) in [7, 11) is 0. The van der Waals surface area contributed by atoms with Crippen LogP contribution in [0.1, 0.15) is 61.3 Å². The number of halogens is 2. The maximum Gasteiger partial charge on any atom is 0.243 e. The molecule has 7 rings (SSSR count). The fourth-order valence-corrected chi connectivity index (χ4v) is 7.63. The number of aliphatic imine (C=N–C) groups is 1. The lowest BCUT2D eigenvalue weighted by Crippen LogP contribution is -2.71. The second kappa shape index (κ2) is 10.4. The highest BCUT2D eigenvalue weighted by Crippen LogP contribution is 2.44. The van der Waals surface area contributed by atoms with Crippen LogP contribution in [-0.2, 0) is 34.5 Å². The number of carbonyl (C=O) groups is 2. The Kier molecular flexibility index (Phi) is 6.77. The molecule has 2 aromatic carbocycles. The van der Waals surface area contributed by atoms with Crippen LogP contribution < -0.4 is 10.6 Å². The van der Waals surface area contributed by atoms with Crippen molar-refractivity contribution in [3.63, 3.8) is 0 Å². The first-order valence-corrected chi connectivity index (χ1v) is 15.3. The van der Waals surface area contributed by atoms with Crippen LogP contribution in [0.15, 0.2) is 72.1 Å². The zero-order valence-corrected chi connectivity index (χ0v) is 24.8. The van der Waals surface area contributed by atoms with Gasteiger partial charge in [0, 0.05) is 37.0 Å². The van der Waals surface area contributed by atoms with Gasteiger partial charge in [-0.05, 0) is 91.3 Å². The number of nitrogens with one attached hydrogen (secondary N) is 2. The summed E-state index contributed by atoms with van der Waals surface area (Å²) in [5.41, 5.74) is 1.88. The Morgan fingerprint density at radius 3 is 2.48 bits per heavy atom. The molecule has 9 heteroatoms. The third kappa shape index (κ3) is 4.65. The lowest BCUT2D eigenvalue weighted by molar-refractivity contribution is -0.154. The van der Waals surface area contributed by atoms with Crippen molar-refractivity contribution in [2.24, 2.45) is 10.4 Å². The molecule has 2 atom stereocenters. The second-order valence-electron chi connectivity index (χ2n) is 13.0. The summed E-state index contributed by atoms with van der Waals surface area (Å²) in [6.07, 6.45) is 12.4. The Bertz CT molecular complexity index is 1760. The number of piperazine rings is 1. The minimum absolute atomic E-state index is 0.0411. The van der Waals surface area contributed by atoms with Crippen LogP contribution in [0.4, 0.5) is 8.78 Å². The van der Waals surface area contributed by atoms with Crippen molar-refractivity contribution >= 4 is 28.9 Å². The summed E-state index contributed by atoms with van der Waals surface area (Å²) in [6, 6.07) is 9.67. The molecular formula is C35H35F2N5O2. The van der Waals surface area contributed by atoms with Crippen LogP contribution in [0.5, 0.6) is 0 Å². The molecule has 4 aliphatic rings. The predicted molar refractivity (Wildman–Crippen MR) is 165 cm³/mol. The van der Waals surface area contributed by atoms with E-state index in [4.69, 9.17) is 4.98 Å². The second-order valence-corrected chi connectivity index (χ2v) is 13.0. The number of pyridine rings is 1. The summed E-state index contributed by atoms with van der Waals surface area (Å²) in [5, 5.41) is 7.32. The largest absolute Gasteiger partial charge is 0.326 e. The number of rotatable bonds is 5. The Hall–Kier alpha value is -4.24. The molecule has 1 aromatic heterocycles. The van der Waals surface area contributed by atoms with E-state index < -0.39 is 28.1 Å². The van der Waals surface area contributed by atoms with Gasteiger partial charge in [0.25, 0.3) is 0 Å². The molecule has 7 nitrogen and oxygen atoms in total. The molecular weight excluding hydrogens is 560 g/mol. The molecule has 1 saturated carbocycles. The van der Waals surface area contributed by atoms with Crippen LogP contribution in [0.3, 0.4) is 0 Å². The molecule has 2 N–H and O–H groups in total. The van der Waals surface area contributed by atoms with Crippen molar-refractivity contribution in [3.05, 3.63) is 101 Å². The van der Waals surface area contributed by atoms with E-state index in [2.05, 4.69) is 28.3 Å². The number of carbonyl (C=O) groups excluding carboxylic acids is 2. The van der Waals surface area contributed by atoms with Gasteiger partial charge in [0.2, 0.25) is 11.8 Å². The maximum absolute atomic E-state index is 14.4. The monoisotopic (exact) mass is 595 g/mol. The number of fused-ring (bicyclic) bond motifs is 2. The molecule has 3 heterocycles. The summed E-state index contributed by atoms with van der Waals surface area (Å²) >= 11 is 0. The average Bonchev–Trinajstić information content (AvgIpc) is 3.52. The Morgan fingerprint density at radius 2 is 1.75 bits per heavy atom. The van der Waals surface area contributed by atoms with Gasteiger partial charge in [0.1, 0.15) is 17.5 Å². The van der Waals surface area contributed by atoms with Gasteiger partial charge in [0.05, 0.1) is 22.0 Å². The van der Waals surface area contributed by atoms with E-state index in [-0.39, 0.29) is 18.4 Å². The minimum atomic E-state index is -0.976. The topological polar surface area (TPSA) is 86.7 Å². The number of allylic oxidation sites excluding steroid dienone is 1. The molecule has 2 aliphatic carbocycles. The molecule has 1 saturated heterocycles. The number of amides is 2. The Balaban J connectivity index is 1.23. The summed E-state index contributed by atoms with van der Waals surface area (Å²) in [6.45, 7) is 6.14. The third-order valence-electron chi connectivity index (χ3n) is 10.1. The number of benzene rings is 2. The zero-order chi connectivity index (χ0) is 30.7. The molecule has 3 aromatic rings. The van der Waals surface area contributed by atoms with Crippen LogP contribution >= 0.6 is 0 Å². The quantitative estimate of drug-likeness (QED) is 0.388. The number of hydrogen-bond acceptors (Lipinski definition) is 5. The summed E-state index contributed by atoms with van der Waals surface area (Å²) in [4.78, 5) is 38.2. The van der Waals surface area contributed by atoms with Crippen molar-refractivity contribution in [1.29, 1.82) is 0 Å². The summed E-state index contributed by atoms with van der Waals surface area (Å²) in [5.74, 6) is -0.914. The molecule has 2 amide bonds. The molecule has 1 unspecified atom stereocenters. The fourth-order valence-electron chi connectivity index (χ4n) is 7.63. The van der Waals surface area contributed by atoms with E-state index in [0.29, 0.717) is 30.8 Å². The van der Waals surface area contributed by atoms with E-state index in [1.54, 1.807) is 23.4 Å². The van der Waals surface area contributed by atoms with E-state index >= 15 is 0 Å². The van der Waals surface area contributed by atoms with Gasteiger partial charge in [-0.1, -0.05) is 31.9 Å². The lowest BCUT2D eigenvalue weighted by atomic mass is 9.75. The SMILES string of the molecule is C=CC=NC1=C[C@@]2(Cc3cc4cc(CN5C(=O)C6(CCCCC6)NCC5(C)c5cc(F)cc(F)c5)cnc4cc3C2)C(=O)N1. The van der Waals surface area contributed by atoms with Crippen LogP contribution in [-0.4, -0.2) is 40.0 Å². The standard InChI is InChI=1S/C35H35F2N5O2/c1-3-9-38-30-18-34(31(43)41-30)16-24-11-23-10-22(19-39-29(23)12-25(24)17-34)20-42-32(44)35(7-5-4-6-8-35)40-21-33(42,2)26-13-27(36)15-28(37)14-26/h3,9-15,18-19,40H,1,4-8,16-17,20-21H2,2H3,(H,41,43)/t33?,34-/m0/s1. The van der Waals surface area contributed by atoms with Crippen molar-refractivity contribution in [2.45, 2.75) is 69.5 Å². The molecule has 2 spiro atoms. The average molecular weight is 596 g/mol. The highest BCUT2D eigenvalue weighted by atomic mass is 19.1. The van der Waals surface area contributed by atoms with E-state index in [0.717, 1.165) is 65.8 Å². The normalized spacial score (nSPS) is 26.1. The van der Waals surface area contributed by atoms with Crippen molar-refractivity contribution < 1.29 is 18.4 Å². The van der Waals surface area contributed by atoms with Crippen molar-refractivity contribution in [2.75, 3.05) is 6.54 Å². The highest BCUT2D eigenvalue weighted by Gasteiger charge is 2.52. The number of aromatic nitrogens is 1. The predicted octanol–water partition coefficient (Wildman–Crippen LogP) is 5.38. The van der Waals surface area contributed by atoms with Crippen LogP contribution in [0.25, 0.3) is 10.9 Å².